The lowest BCUT2D eigenvalue weighted by Crippen LogP contribution is -2.45. The Kier molecular flexibility index (Phi) is 7.52. The number of carbonyl (C=O) groups excluding carboxylic acids is 3. The van der Waals surface area contributed by atoms with Crippen molar-refractivity contribution in [1.29, 1.82) is 0 Å². The molecule has 1 heterocycles. The van der Waals surface area contributed by atoms with Crippen molar-refractivity contribution in [2.45, 2.75) is 47.3 Å². The first-order chi connectivity index (χ1) is 14.1. The average Bonchev–Trinajstić information content (AvgIpc) is 2.92. The van der Waals surface area contributed by atoms with Crippen molar-refractivity contribution < 1.29 is 19.1 Å². The molecular formula is C22H28N4O4. The van der Waals surface area contributed by atoms with Gasteiger partial charge in [0, 0.05) is 17.3 Å². The van der Waals surface area contributed by atoms with Crippen LogP contribution in [0.4, 0.5) is 4.79 Å². The van der Waals surface area contributed by atoms with Crippen LogP contribution in [0.2, 0.25) is 0 Å². The molecule has 0 unspecified atom stereocenters. The normalized spacial score (nSPS) is 12.2. The second kappa shape index (κ2) is 9.87. The number of hydrogen-bond donors (Lipinski definition) is 2. The van der Waals surface area contributed by atoms with Gasteiger partial charge in [-0.1, -0.05) is 43.7 Å². The van der Waals surface area contributed by atoms with E-state index < -0.39 is 24.0 Å². The molecule has 30 heavy (non-hydrogen) atoms. The highest BCUT2D eigenvalue weighted by atomic mass is 16.5. The zero-order valence-electron chi connectivity index (χ0n) is 17.9. The highest BCUT2D eigenvalue weighted by Gasteiger charge is 2.26. The minimum absolute atomic E-state index is 0.331. The number of nitrogens with two attached hydrogens (primary N) is 1. The Labute approximate surface area is 176 Å². The Balaban J connectivity index is 2.12. The monoisotopic (exact) mass is 412 g/mol. The van der Waals surface area contributed by atoms with Gasteiger partial charge in [-0.15, -0.1) is 0 Å². The van der Waals surface area contributed by atoms with Gasteiger partial charge in [-0.25, -0.2) is 9.59 Å². The Hall–Kier alpha value is -3.42. The number of ether oxygens (including phenoxy) is 1. The van der Waals surface area contributed by atoms with E-state index >= 15 is 0 Å². The maximum absolute atomic E-state index is 12.2. The second-order valence-corrected chi connectivity index (χ2v) is 7.52. The number of primary amides is 1. The maximum Gasteiger partial charge on any atom is 0.331 e. The van der Waals surface area contributed by atoms with Crippen molar-refractivity contribution in [3.8, 4) is 0 Å². The fraction of sp³-hybridized carbons (Fsp3) is 0.364. The van der Waals surface area contributed by atoms with E-state index in [4.69, 9.17) is 10.5 Å². The molecule has 8 heteroatoms. The van der Waals surface area contributed by atoms with E-state index in [1.807, 2.05) is 30.8 Å². The summed E-state index contributed by atoms with van der Waals surface area (Å²) in [6, 6.07) is 7.22. The molecule has 0 radical (unpaired) electrons. The summed E-state index contributed by atoms with van der Waals surface area (Å²) < 4.78 is 7.09. The summed E-state index contributed by atoms with van der Waals surface area (Å²) >= 11 is 0. The number of rotatable bonds is 7. The number of amides is 3. The number of imide groups is 1. The molecule has 1 aromatic carbocycles. The third-order valence-corrected chi connectivity index (χ3v) is 4.63. The van der Waals surface area contributed by atoms with Crippen LogP contribution in [0, 0.1) is 26.7 Å². The topological polar surface area (TPSA) is 116 Å². The Morgan fingerprint density at radius 1 is 1.17 bits per heavy atom. The first-order valence-electron chi connectivity index (χ1n) is 9.67. The number of nitrogens with zero attached hydrogens (tertiary/aromatic N) is 2. The maximum atomic E-state index is 12.2. The Bertz CT molecular complexity index is 958. The number of hydrogen-bond acceptors (Lipinski definition) is 5. The number of carbonyl (C=O) groups is 3. The number of aromatic nitrogens is 2. The molecule has 0 spiro atoms. The predicted octanol–water partition coefficient (Wildman–Crippen LogP) is 2.63. The van der Waals surface area contributed by atoms with Gasteiger partial charge in [-0.2, -0.15) is 5.10 Å². The number of aryl methyl sites for hydroxylation is 2. The first-order valence-corrected chi connectivity index (χ1v) is 9.67. The quantitative estimate of drug-likeness (QED) is 0.536. The SMILES string of the molecule is Cc1ccc(Cn2nc(C)c(/C=C/C(=O)O[C@H](C(=O)NC(N)=O)C(C)C)c2C)cc1. The van der Waals surface area contributed by atoms with Crippen molar-refractivity contribution >= 4 is 24.0 Å². The van der Waals surface area contributed by atoms with E-state index in [1.54, 1.807) is 19.9 Å². The predicted molar refractivity (Wildman–Crippen MR) is 113 cm³/mol. The molecule has 2 rings (SSSR count). The van der Waals surface area contributed by atoms with Crippen molar-refractivity contribution in [2.24, 2.45) is 11.7 Å². The molecule has 3 N–H and O–H groups in total. The lowest BCUT2D eigenvalue weighted by Gasteiger charge is -2.18. The highest BCUT2D eigenvalue weighted by molar-refractivity contribution is 5.97. The van der Waals surface area contributed by atoms with Crippen molar-refractivity contribution in [3.05, 3.63) is 58.4 Å². The van der Waals surface area contributed by atoms with Crippen molar-refractivity contribution in [1.82, 2.24) is 15.1 Å². The van der Waals surface area contributed by atoms with Crippen LogP contribution in [0.1, 0.15) is 41.9 Å². The van der Waals surface area contributed by atoms with Gasteiger partial charge < -0.3 is 10.5 Å². The minimum atomic E-state index is -1.12. The molecule has 160 valence electrons. The summed E-state index contributed by atoms with van der Waals surface area (Å²) in [4.78, 5) is 35.1. The van der Waals surface area contributed by atoms with Crippen LogP contribution < -0.4 is 11.1 Å². The van der Waals surface area contributed by atoms with Crippen LogP contribution in [-0.4, -0.2) is 33.8 Å². The standard InChI is InChI=1S/C22H28N4O4/c1-13(2)20(21(28)24-22(23)29)30-19(27)11-10-18-15(4)25-26(16(18)5)12-17-8-6-14(3)7-9-17/h6-11,13,20H,12H2,1-5H3,(H3,23,24,28,29)/b11-10+/t20-/m0/s1. The molecule has 0 saturated carbocycles. The van der Waals surface area contributed by atoms with Crippen LogP contribution in [-0.2, 0) is 20.9 Å². The number of nitrogens with one attached hydrogen (secondary N) is 1. The van der Waals surface area contributed by atoms with E-state index in [2.05, 4.69) is 29.4 Å². The molecule has 3 amide bonds. The van der Waals surface area contributed by atoms with E-state index in [9.17, 15) is 14.4 Å². The number of benzene rings is 1. The van der Waals surface area contributed by atoms with Gasteiger partial charge in [0.15, 0.2) is 6.10 Å². The molecule has 2 aromatic rings. The smallest absolute Gasteiger partial charge is 0.331 e. The number of esters is 1. The summed E-state index contributed by atoms with van der Waals surface area (Å²) in [5.74, 6) is -1.78. The van der Waals surface area contributed by atoms with E-state index in [1.165, 1.54) is 11.6 Å². The van der Waals surface area contributed by atoms with Crippen LogP contribution in [0.15, 0.2) is 30.3 Å². The minimum Gasteiger partial charge on any atom is -0.449 e. The molecule has 0 saturated heterocycles. The molecule has 1 aromatic heterocycles. The molecule has 8 nitrogen and oxygen atoms in total. The van der Waals surface area contributed by atoms with Gasteiger partial charge in [0.05, 0.1) is 12.2 Å². The first kappa shape index (κ1) is 22.9. The lowest BCUT2D eigenvalue weighted by molar-refractivity contribution is -0.153. The fourth-order valence-electron chi connectivity index (χ4n) is 2.97. The largest absolute Gasteiger partial charge is 0.449 e. The molecular weight excluding hydrogens is 384 g/mol. The van der Waals surface area contributed by atoms with Crippen molar-refractivity contribution in [2.75, 3.05) is 0 Å². The van der Waals surface area contributed by atoms with Crippen LogP contribution in [0.5, 0.6) is 0 Å². The lowest BCUT2D eigenvalue weighted by atomic mass is 10.1. The van der Waals surface area contributed by atoms with E-state index in [0.717, 1.165) is 22.5 Å². The third kappa shape index (κ3) is 6.04. The molecule has 0 aliphatic rings. The zero-order valence-corrected chi connectivity index (χ0v) is 17.9. The number of urea groups is 1. The van der Waals surface area contributed by atoms with Crippen LogP contribution in [0.25, 0.3) is 6.08 Å². The average molecular weight is 412 g/mol. The Morgan fingerprint density at radius 3 is 2.37 bits per heavy atom. The molecule has 0 aliphatic carbocycles. The van der Waals surface area contributed by atoms with Gasteiger partial charge in [0.1, 0.15) is 0 Å². The summed E-state index contributed by atoms with van der Waals surface area (Å²) in [7, 11) is 0. The third-order valence-electron chi connectivity index (χ3n) is 4.63. The van der Waals surface area contributed by atoms with E-state index in [-0.39, 0.29) is 5.92 Å². The van der Waals surface area contributed by atoms with Gasteiger partial charge in [-0.05, 0) is 38.3 Å². The van der Waals surface area contributed by atoms with Gasteiger partial charge in [0.25, 0.3) is 5.91 Å². The summed E-state index contributed by atoms with van der Waals surface area (Å²) in [6.07, 6.45) is 1.75. The van der Waals surface area contributed by atoms with Gasteiger partial charge in [0.2, 0.25) is 0 Å². The van der Waals surface area contributed by atoms with Crippen molar-refractivity contribution in [3.63, 3.8) is 0 Å². The van der Waals surface area contributed by atoms with Gasteiger partial charge >= 0.3 is 12.0 Å². The zero-order chi connectivity index (χ0) is 22.4. The van der Waals surface area contributed by atoms with Crippen LogP contribution in [0.3, 0.4) is 0 Å². The molecule has 0 bridgehead atoms. The second-order valence-electron chi connectivity index (χ2n) is 7.52. The molecule has 1 atom stereocenters. The summed E-state index contributed by atoms with van der Waals surface area (Å²) in [5, 5.41) is 6.49. The van der Waals surface area contributed by atoms with Gasteiger partial charge in [-0.3, -0.25) is 14.8 Å². The summed E-state index contributed by atoms with van der Waals surface area (Å²) in [5.41, 5.74) is 9.77. The fourth-order valence-corrected chi connectivity index (χ4v) is 2.97. The van der Waals surface area contributed by atoms with E-state index in [0.29, 0.717) is 6.54 Å². The highest BCUT2D eigenvalue weighted by Crippen LogP contribution is 2.17. The summed E-state index contributed by atoms with van der Waals surface area (Å²) in [6.45, 7) is 9.85. The van der Waals surface area contributed by atoms with Crippen LogP contribution >= 0.6 is 0 Å². The molecule has 0 fully saturated rings. The Morgan fingerprint density at radius 2 is 1.80 bits per heavy atom. The molecule has 0 aliphatic heterocycles.